The lowest BCUT2D eigenvalue weighted by molar-refractivity contribution is -0.135. The molecule has 2 aliphatic rings. The molecule has 0 aromatic heterocycles. The van der Waals surface area contributed by atoms with Crippen LogP contribution in [0, 0.1) is 11.3 Å². The van der Waals surface area contributed by atoms with E-state index in [1.54, 1.807) is 24.3 Å². The summed E-state index contributed by atoms with van der Waals surface area (Å²) in [6.45, 7) is 0. The highest BCUT2D eigenvalue weighted by molar-refractivity contribution is 8.24. The van der Waals surface area contributed by atoms with E-state index in [-0.39, 0.29) is 21.0 Å². The smallest absolute Gasteiger partial charge is 0.353 e. The third-order valence-corrected chi connectivity index (χ3v) is 6.43. The molecule has 2 heterocycles. The molecule has 0 bridgehead atoms. The van der Waals surface area contributed by atoms with E-state index < -0.39 is 16.0 Å². The fourth-order valence-corrected chi connectivity index (χ4v) is 4.88. The Morgan fingerprint density at radius 3 is 2.88 bits per heavy atom. The SMILES string of the molecule is COC(=O)/C(C#N)=C1/Oc2ccc(OC3=NS(=O)(=O)CS3)cc2S1. The summed E-state index contributed by atoms with van der Waals surface area (Å²) in [4.78, 5) is 12.2. The largest absolute Gasteiger partial charge is 0.465 e. The second-order valence-electron chi connectivity index (χ2n) is 4.38. The summed E-state index contributed by atoms with van der Waals surface area (Å²) in [5, 5.41) is 9.07. The number of nitriles is 1. The standard InChI is InChI=1S/C13H8N2O6S3/c1-19-11(16)8(5-14)12-21-9-3-2-7(4-10(9)23-12)20-13-15-24(17,18)6-22-13/h2-4H,6H2,1H3/b12-8-. The van der Waals surface area contributed by atoms with Crippen LogP contribution in [0.3, 0.4) is 0 Å². The minimum Gasteiger partial charge on any atom is -0.465 e. The van der Waals surface area contributed by atoms with Gasteiger partial charge < -0.3 is 14.2 Å². The van der Waals surface area contributed by atoms with E-state index >= 15 is 0 Å². The summed E-state index contributed by atoms with van der Waals surface area (Å²) < 4.78 is 41.4. The topological polar surface area (TPSA) is 115 Å². The van der Waals surface area contributed by atoms with Gasteiger partial charge in [0.05, 0.1) is 12.0 Å². The van der Waals surface area contributed by atoms with Crippen LogP contribution in [0.5, 0.6) is 11.5 Å². The van der Waals surface area contributed by atoms with Gasteiger partial charge in [-0.3, -0.25) is 0 Å². The molecule has 2 aliphatic heterocycles. The Labute approximate surface area is 145 Å². The molecule has 0 atom stereocenters. The fourth-order valence-electron chi connectivity index (χ4n) is 1.76. The number of rotatable bonds is 2. The molecule has 0 fully saturated rings. The molecule has 0 unspecified atom stereocenters. The molecule has 3 rings (SSSR count). The number of carbonyl (C=O) groups is 1. The number of hydrogen-bond acceptors (Lipinski definition) is 9. The zero-order valence-electron chi connectivity index (χ0n) is 12.0. The molecule has 0 N–H and O–H groups in total. The van der Waals surface area contributed by atoms with Gasteiger partial charge in [-0.15, -0.1) is 4.40 Å². The summed E-state index contributed by atoms with van der Waals surface area (Å²) in [5.41, 5.74) is -0.233. The first-order valence-electron chi connectivity index (χ1n) is 6.27. The molecule has 1 aromatic rings. The van der Waals surface area contributed by atoms with E-state index in [1.807, 2.05) is 0 Å². The summed E-state index contributed by atoms with van der Waals surface area (Å²) in [6.07, 6.45) is 0. The van der Waals surface area contributed by atoms with Crippen LogP contribution in [0.25, 0.3) is 0 Å². The van der Waals surface area contributed by atoms with Crippen LogP contribution in [-0.4, -0.2) is 31.8 Å². The van der Waals surface area contributed by atoms with Crippen LogP contribution in [0.2, 0.25) is 0 Å². The van der Waals surface area contributed by atoms with Crippen molar-refractivity contribution < 1.29 is 27.4 Å². The molecular weight excluding hydrogens is 376 g/mol. The van der Waals surface area contributed by atoms with E-state index in [0.29, 0.717) is 16.4 Å². The van der Waals surface area contributed by atoms with Crippen molar-refractivity contribution in [2.24, 2.45) is 4.40 Å². The Morgan fingerprint density at radius 2 is 2.25 bits per heavy atom. The second-order valence-corrected chi connectivity index (χ2v) is 8.32. The lowest BCUT2D eigenvalue weighted by Crippen LogP contribution is -2.06. The number of esters is 1. The lowest BCUT2D eigenvalue weighted by atomic mass is 10.3. The maximum Gasteiger partial charge on any atom is 0.353 e. The number of methoxy groups -OCH3 is 1. The Kier molecular flexibility index (Phi) is 4.44. The summed E-state index contributed by atoms with van der Waals surface area (Å²) in [6, 6.07) is 6.51. The van der Waals surface area contributed by atoms with Gasteiger partial charge in [0.25, 0.3) is 15.3 Å². The van der Waals surface area contributed by atoms with Crippen LogP contribution < -0.4 is 9.47 Å². The molecule has 0 radical (unpaired) electrons. The summed E-state index contributed by atoms with van der Waals surface area (Å²) in [7, 11) is -2.29. The van der Waals surface area contributed by atoms with Crippen molar-refractivity contribution in [1.82, 2.24) is 0 Å². The van der Waals surface area contributed by atoms with Crippen molar-refractivity contribution in [3.8, 4) is 17.6 Å². The molecule has 8 nitrogen and oxygen atoms in total. The molecule has 0 saturated heterocycles. The van der Waals surface area contributed by atoms with Gasteiger partial charge in [0, 0.05) is 0 Å². The van der Waals surface area contributed by atoms with Gasteiger partial charge in [-0.05, 0) is 41.7 Å². The number of thioether (sulfide) groups is 2. The van der Waals surface area contributed by atoms with Crippen LogP contribution in [0.1, 0.15) is 0 Å². The van der Waals surface area contributed by atoms with Crippen molar-refractivity contribution in [3.05, 3.63) is 28.9 Å². The van der Waals surface area contributed by atoms with E-state index in [1.165, 1.54) is 7.11 Å². The molecule has 124 valence electrons. The van der Waals surface area contributed by atoms with Gasteiger partial charge >= 0.3 is 5.97 Å². The third kappa shape index (κ3) is 3.35. The fraction of sp³-hybridized carbons (Fsp3) is 0.154. The number of hydrogen-bond donors (Lipinski definition) is 0. The highest BCUT2D eigenvalue weighted by Gasteiger charge is 2.28. The first-order valence-corrected chi connectivity index (χ1v) is 9.69. The highest BCUT2D eigenvalue weighted by Crippen LogP contribution is 2.46. The molecular formula is C13H8N2O6S3. The Hall–Kier alpha value is -2.16. The highest BCUT2D eigenvalue weighted by atomic mass is 32.3. The van der Waals surface area contributed by atoms with Crippen molar-refractivity contribution in [3.63, 3.8) is 0 Å². The van der Waals surface area contributed by atoms with Crippen molar-refractivity contribution >= 4 is 44.7 Å². The number of ether oxygens (including phenoxy) is 3. The van der Waals surface area contributed by atoms with Crippen LogP contribution in [0.15, 0.2) is 38.2 Å². The molecule has 0 amide bonds. The van der Waals surface area contributed by atoms with Gasteiger partial charge in [-0.1, -0.05) is 0 Å². The maximum absolute atomic E-state index is 11.5. The molecule has 0 saturated carbocycles. The number of benzene rings is 1. The Balaban J connectivity index is 1.84. The van der Waals surface area contributed by atoms with E-state index in [2.05, 4.69) is 9.13 Å². The number of fused-ring (bicyclic) bond motifs is 1. The van der Waals surface area contributed by atoms with Crippen molar-refractivity contribution in [1.29, 1.82) is 5.26 Å². The monoisotopic (exact) mass is 384 g/mol. The first-order chi connectivity index (χ1) is 11.4. The van der Waals surface area contributed by atoms with E-state index in [9.17, 15) is 13.2 Å². The van der Waals surface area contributed by atoms with Gasteiger partial charge in [-0.2, -0.15) is 5.26 Å². The third-order valence-electron chi connectivity index (χ3n) is 2.78. The average Bonchev–Trinajstić information content (AvgIpc) is 3.10. The quantitative estimate of drug-likeness (QED) is 0.428. The minimum absolute atomic E-state index is 0.0434. The van der Waals surface area contributed by atoms with Crippen molar-refractivity contribution in [2.75, 3.05) is 12.2 Å². The maximum atomic E-state index is 11.5. The average molecular weight is 384 g/mol. The van der Waals surface area contributed by atoms with Gasteiger partial charge in [-0.25, -0.2) is 13.2 Å². The number of sulfonamides is 1. The summed E-state index contributed by atoms with van der Waals surface area (Å²) in [5.74, 6) is 0.0323. The molecule has 24 heavy (non-hydrogen) atoms. The molecule has 1 aromatic carbocycles. The Morgan fingerprint density at radius 1 is 1.46 bits per heavy atom. The first kappa shape index (κ1) is 16.7. The van der Waals surface area contributed by atoms with Gasteiger partial charge in [0.2, 0.25) is 0 Å². The second kappa shape index (κ2) is 6.39. The van der Waals surface area contributed by atoms with Gasteiger partial charge in [0.15, 0.2) is 10.7 Å². The van der Waals surface area contributed by atoms with Gasteiger partial charge in [0.1, 0.15) is 22.7 Å². The zero-order chi connectivity index (χ0) is 17.3. The number of nitrogens with zero attached hydrogens (tertiary/aromatic N) is 2. The normalized spacial score (nSPS) is 19.6. The summed E-state index contributed by atoms with van der Waals surface area (Å²) >= 11 is 2.06. The number of carbonyl (C=O) groups excluding carboxylic acids is 1. The molecule has 11 heteroatoms. The lowest BCUT2D eigenvalue weighted by Gasteiger charge is -2.04. The van der Waals surface area contributed by atoms with E-state index in [4.69, 9.17) is 14.7 Å². The van der Waals surface area contributed by atoms with Crippen LogP contribution in [0.4, 0.5) is 0 Å². The minimum atomic E-state index is -3.46. The van der Waals surface area contributed by atoms with E-state index in [0.717, 1.165) is 23.5 Å². The predicted octanol–water partition coefficient (Wildman–Crippen LogP) is 1.85. The Bertz CT molecular complexity index is 930. The zero-order valence-corrected chi connectivity index (χ0v) is 14.5. The van der Waals surface area contributed by atoms with Crippen LogP contribution >= 0.6 is 23.5 Å². The molecule has 0 aliphatic carbocycles. The van der Waals surface area contributed by atoms with Crippen molar-refractivity contribution in [2.45, 2.75) is 4.90 Å². The van der Waals surface area contributed by atoms with Crippen LogP contribution in [-0.2, 0) is 19.6 Å². The molecule has 0 spiro atoms. The predicted molar refractivity (Wildman–Crippen MR) is 87.0 cm³/mol.